The van der Waals surface area contributed by atoms with Gasteiger partial charge in [-0.1, -0.05) is 52.3 Å². The summed E-state index contributed by atoms with van der Waals surface area (Å²) in [6.07, 6.45) is 6.35. The van der Waals surface area contributed by atoms with Gasteiger partial charge in [0.2, 0.25) is 0 Å². The Morgan fingerprint density at radius 2 is 1.97 bits per heavy atom. The van der Waals surface area contributed by atoms with Gasteiger partial charge in [-0.2, -0.15) is 0 Å². The van der Waals surface area contributed by atoms with Crippen molar-refractivity contribution in [3.05, 3.63) is 68.8 Å². The van der Waals surface area contributed by atoms with Gasteiger partial charge in [-0.3, -0.25) is 14.9 Å². The number of rotatable bonds is 6. The third-order valence-corrected chi connectivity index (χ3v) is 8.21. The van der Waals surface area contributed by atoms with Crippen LogP contribution in [0.2, 0.25) is 0 Å². The van der Waals surface area contributed by atoms with Gasteiger partial charge in [0.1, 0.15) is 12.0 Å². The molecule has 5 heteroatoms. The van der Waals surface area contributed by atoms with Crippen LogP contribution in [-0.4, -0.2) is 17.8 Å². The van der Waals surface area contributed by atoms with Gasteiger partial charge in [-0.05, 0) is 77.2 Å². The SMILES string of the molecule is CC(C)c1ccc2c(c1)CC[C@H]1[C@@](C)(CNc3ccc(C=O)cc3[N+](=O)[O-])CCC[C@]21C. The lowest BCUT2D eigenvalue weighted by Crippen LogP contribution is -2.51. The summed E-state index contributed by atoms with van der Waals surface area (Å²) >= 11 is 0. The van der Waals surface area contributed by atoms with E-state index in [0.717, 1.165) is 25.7 Å². The molecule has 1 saturated carbocycles. The zero-order valence-electron chi connectivity index (χ0n) is 19.6. The summed E-state index contributed by atoms with van der Waals surface area (Å²) in [5, 5.41) is 15.0. The van der Waals surface area contributed by atoms with Gasteiger partial charge in [-0.15, -0.1) is 0 Å². The summed E-state index contributed by atoms with van der Waals surface area (Å²) in [5.74, 6) is 1.05. The Hall–Kier alpha value is -2.69. The Labute approximate surface area is 190 Å². The standard InChI is InChI=1S/C27H34N2O3/c1-18(2)20-7-9-22-21(15-20)8-11-25-26(3,12-5-13-27(22,25)4)17-28-23-10-6-19(16-30)14-24(23)29(31)32/h6-7,9-10,14-16,18,25,28H,5,8,11-13,17H2,1-4H3/t25-,26+,27+/m0/s1. The summed E-state index contributed by atoms with van der Waals surface area (Å²) in [4.78, 5) is 22.2. The average Bonchev–Trinajstić information content (AvgIpc) is 2.77. The second-order valence-corrected chi connectivity index (χ2v) is 10.6. The highest BCUT2D eigenvalue weighted by molar-refractivity contribution is 5.79. The van der Waals surface area contributed by atoms with E-state index in [-0.39, 0.29) is 16.5 Å². The first-order valence-electron chi connectivity index (χ1n) is 11.8. The fourth-order valence-corrected chi connectivity index (χ4v) is 6.43. The van der Waals surface area contributed by atoms with E-state index in [1.54, 1.807) is 12.1 Å². The van der Waals surface area contributed by atoms with Crippen molar-refractivity contribution < 1.29 is 9.72 Å². The largest absolute Gasteiger partial charge is 0.379 e. The van der Waals surface area contributed by atoms with Crippen LogP contribution in [0.4, 0.5) is 11.4 Å². The van der Waals surface area contributed by atoms with Crippen LogP contribution >= 0.6 is 0 Å². The zero-order chi connectivity index (χ0) is 23.1. The number of nitro benzene ring substituents is 1. The van der Waals surface area contributed by atoms with Gasteiger partial charge in [0.05, 0.1) is 4.92 Å². The van der Waals surface area contributed by atoms with Gasteiger partial charge in [0, 0.05) is 18.2 Å². The van der Waals surface area contributed by atoms with Crippen molar-refractivity contribution in [2.45, 2.75) is 71.1 Å². The number of anilines is 1. The second kappa shape index (κ2) is 8.34. The van der Waals surface area contributed by atoms with Gasteiger partial charge in [0.15, 0.2) is 0 Å². The molecule has 0 unspecified atom stereocenters. The monoisotopic (exact) mass is 434 g/mol. The smallest absolute Gasteiger partial charge is 0.293 e. The Morgan fingerprint density at radius 1 is 1.19 bits per heavy atom. The molecule has 0 bridgehead atoms. The van der Waals surface area contributed by atoms with Crippen molar-refractivity contribution in [3.63, 3.8) is 0 Å². The molecule has 0 aliphatic heterocycles. The summed E-state index contributed by atoms with van der Waals surface area (Å²) in [5.41, 5.74) is 5.38. The number of carbonyl (C=O) groups excluding carboxylic acids is 1. The maximum absolute atomic E-state index is 11.6. The molecule has 5 nitrogen and oxygen atoms in total. The maximum atomic E-state index is 11.6. The first kappa shape index (κ1) is 22.5. The van der Waals surface area contributed by atoms with E-state index >= 15 is 0 Å². The molecule has 2 aliphatic rings. The van der Waals surface area contributed by atoms with E-state index in [0.29, 0.717) is 35.9 Å². The highest BCUT2D eigenvalue weighted by Gasteiger charge is 2.51. The van der Waals surface area contributed by atoms with E-state index in [1.807, 2.05) is 0 Å². The Morgan fingerprint density at radius 3 is 2.66 bits per heavy atom. The van der Waals surface area contributed by atoms with Crippen LogP contribution in [0.15, 0.2) is 36.4 Å². The minimum Gasteiger partial charge on any atom is -0.379 e. The summed E-state index contributed by atoms with van der Waals surface area (Å²) < 4.78 is 0. The van der Waals surface area contributed by atoms with Crippen LogP contribution in [0, 0.1) is 21.4 Å². The fraction of sp³-hybridized carbons (Fsp3) is 0.519. The third-order valence-electron chi connectivity index (χ3n) is 8.21. The molecular weight excluding hydrogens is 400 g/mol. The van der Waals surface area contributed by atoms with Crippen molar-refractivity contribution in [2.24, 2.45) is 11.3 Å². The number of aryl methyl sites for hydroxylation is 1. The quantitative estimate of drug-likeness (QED) is 0.314. The lowest BCUT2D eigenvalue weighted by atomic mass is 9.49. The number of nitrogens with zero attached hydrogens (tertiary/aromatic N) is 1. The van der Waals surface area contributed by atoms with Gasteiger partial charge in [0.25, 0.3) is 5.69 Å². The molecule has 0 saturated heterocycles. The summed E-state index contributed by atoms with van der Waals surface area (Å²) in [6, 6.07) is 11.8. The minimum absolute atomic E-state index is 0.0352. The predicted molar refractivity (Wildman–Crippen MR) is 129 cm³/mol. The third kappa shape index (κ3) is 3.82. The van der Waals surface area contributed by atoms with E-state index in [1.165, 1.54) is 29.2 Å². The van der Waals surface area contributed by atoms with Gasteiger partial charge < -0.3 is 5.32 Å². The number of nitrogens with one attached hydrogen (secondary N) is 1. The summed E-state index contributed by atoms with van der Waals surface area (Å²) in [6.45, 7) is 9.97. The van der Waals surface area contributed by atoms with Crippen molar-refractivity contribution in [3.8, 4) is 0 Å². The van der Waals surface area contributed by atoms with Crippen molar-refractivity contribution in [2.75, 3.05) is 11.9 Å². The van der Waals surface area contributed by atoms with Gasteiger partial charge in [-0.25, -0.2) is 0 Å². The lowest BCUT2D eigenvalue weighted by Gasteiger charge is -2.55. The first-order chi connectivity index (χ1) is 15.2. The summed E-state index contributed by atoms with van der Waals surface area (Å²) in [7, 11) is 0. The number of carbonyl (C=O) groups is 1. The number of nitro groups is 1. The highest BCUT2D eigenvalue weighted by Crippen LogP contribution is 2.57. The van der Waals surface area contributed by atoms with Crippen molar-refractivity contribution in [1.29, 1.82) is 0 Å². The van der Waals surface area contributed by atoms with Crippen molar-refractivity contribution in [1.82, 2.24) is 0 Å². The van der Waals surface area contributed by atoms with Crippen molar-refractivity contribution >= 4 is 17.7 Å². The average molecular weight is 435 g/mol. The lowest BCUT2D eigenvalue weighted by molar-refractivity contribution is -0.384. The molecule has 0 aromatic heterocycles. The molecule has 1 N–H and O–H groups in total. The van der Waals surface area contributed by atoms with Crippen LogP contribution in [0.25, 0.3) is 0 Å². The molecule has 1 fully saturated rings. The van der Waals surface area contributed by atoms with E-state index in [2.05, 4.69) is 51.2 Å². The van der Waals surface area contributed by atoms with Crippen LogP contribution in [0.1, 0.15) is 86.3 Å². The Bertz CT molecular complexity index is 1050. The number of fused-ring (bicyclic) bond motifs is 3. The molecule has 0 heterocycles. The number of hydrogen-bond donors (Lipinski definition) is 1. The van der Waals surface area contributed by atoms with Crippen LogP contribution in [-0.2, 0) is 11.8 Å². The first-order valence-corrected chi connectivity index (χ1v) is 11.8. The van der Waals surface area contributed by atoms with E-state index in [4.69, 9.17) is 0 Å². The molecule has 2 aliphatic carbocycles. The maximum Gasteiger partial charge on any atom is 0.293 e. The second-order valence-electron chi connectivity index (χ2n) is 10.6. The van der Waals surface area contributed by atoms with Crippen LogP contribution < -0.4 is 5.32 Å². The molecule has 0 spiro atoms. The number of hydrogen-bond acceptors (Lipinski definition) is 4. The minimum atomic E-state index is -0.411. The Balaban J connectivity index is 1.61. The fourth-order valence-electron chi connectivity index (χ4n) is 6.43. The molecule has 2 aromatic carbocycles. The predicted octanol–water partition coefficient (Wildman–Crippen LogP) is 6.65. The normalized spacial score (nSPS) is 26.8. The molecule has 3 atom stereocenters. The molecule has 0 amide bonds. The van der Waals surface area contributed by atoms with Crippen LogP contribution in [0.3, 0.4) is 0 Å². The zero-order valence-corrected chi connectivity index (χ0v) is 19.6. The number of benzene rings is 2. The molecule has 0 radical (unpaired) electrons. The van der Waals surface area contributed by atoms with Crippen LogP contribution in [0.5, 0.6) is 0 Å². The Kier molecular flexibility index (Phi) is 5.87. The van der Waals surface area contributed by atoms with Gasteiger partial charge >= 0.3 is 0 Å². The van der Waals surface area contributed by atoms with E-state index in [9.17, 15) is 14.9 Å². The highest BCUT2D eigenvalue weighted by atomic mass is 16.6. The molecule has 4 rings (SSSR count). The van der Waals surface area contributed by atoms with E-state index < -0.39 is 4.92 Å². The topological polar surface area (TPSA) is 72.2 Å². The molecule has 32 heavy (non-hydrogen) atoms. The molecular formula is C27H34N2O3. The molecule has 2 aromatic rings. The number of aldehydes is 1. The molecule has 170 valence electrons.